The Morgan fingerprint density at radius 1 is 1.13 bits per heavy atom. The largest absolute Gasteiger partial charge is 0.356 e. The minimum absolute atomic E-state index is 0.0760. The van der Waals surface area contributed by atoms with Crippen LogP contribution >= 0.6 is 11.3 Å². The van der Waals surface area contributed by atoms with E-state index >= 15 is 0 Å². The van der Waals surface area contributed by atoms with E-state index in [1.165, 1.54) is 4.90 Å². The molecule has 164 valence electrons. The second-order valence-corrected chi connectivity index (χ2v) is 9.06. The number of fused-ring (bicyclic) bond motifs is 1. The predicted octanol–water partition coefficient (Wildman–Crippen LogP) is 3.33. The number of amides is 3. The molecule has 1 atom stereocenters. The van der Waals surface area contributed by atoms with E-state index in [9.17, 15) is 14.4 Å². The number of nitrogens with zero attached hydrogens (tertiary/aromatic N) is 3. The van der Waals surface area contributed by atoms with Crippen LogP contribution in [-0.4, -0.2) is 53.8 Å². The molecule has 1 aromatic carbocycles. The zero-order valence-corrected chi connectivity index (χ0v) is 18.4. The third-order valence-electron chi connectivity index (χ3n) is 5.96. The number of imide groups is 1. The molecular weight excluding hydrogens is 412 g/mol. The molecule has 0 radical (unpaired) electrons. The number of hydrogen-bond acceptors (Lipinski definition) is 6. The Labute approximate surface area is 186 Å². The van der Waals surface area contributed by atoms with Gasteiger partial charge in [-0.2, -0.15) is 0 Å². The Bertz CT molecular complexity index is 896. The number of anilines is 1. The van der Waals surface area contributed by atoms with Gasteiger partial charge in [-0.1, -0.05) is 18.6 Å². The van der Waals surface area contributed by atoms with Crippen LogP contribution in [0.5, 0.6) is 0 Å². The van der Waals surface area contributed by atoms with E-state index in [1.54, 1.807) is 35.6 Å². The van der Waals surface area contributed by atoms with E-state index < -0.39 is 0 Å². The molecule has 1 unspecified atom stereocenters. The van der Waals surface area contributed by atoms with Crippen LogP contribution in [0.25, 0.3) is 0 Å². The summed E-state index contributed by atoms with van der Waals surface area (Å²) in [6, 6.07) is 6.94. The number of rotatable bonds is 9. The van der Waals surface area contributed by atoms with E-state index in [0.29, 0.717) is 43.0 Å². The Hall–Kier alpha value is -2.74. The van der Waals surface area contributed by atoms with Crippen LogP contribution in [0.15, 0.2) is 35.8 Å². The molecule has 0 bridgehead atoms. The highest BCUT2D eigenvalue weighted by atomic mass is 32.1. The van der Waals surface area contributed by atoms with Gasteiger partial charge < -0.3 is 10.2 Å². The van der Waals surface area contributed by atoms with Crippen molar-refractivity contribution in [2.45, 2.75) is 38.5 Å². The number of carbonyl (C=O) groups is 3. The van der Waals surface area contributed by atoms with Crippen molar-refractivity contribution in [1.82, 2.24) is 15.2 Å². The Morgan fingerprint density at radius 3 is 2.61 bits per heavy atom. The number of nitrogens with one attached hydrogen (secondary N) is 1. The van der Waals surface area contributed by atoms with Crippen molar-refractivity contribution < 1.29 is 14.4 Å². The van der Waals surface area contributed by atoms with Gasteiger partial charge in [-0.25, -0.2) is 4.98 Å². The molecule has 0 spiro atoms. The van der Waals surface area contributed by atoms with Crippen molar-refractivity contribution in [3.63, 3.8) is 0 Å². The number of carbonyl (C=O) groups excluding carboxylic acids is 3. The average Bonchev–Trinajstić information content (AvgIpc) is 3.41. The van der Waals surface area contributed by atoms with Crippen LogP contribution in [0.4, 0.5) is 5.13 Å². The van der Waals surface area contributed by atoms with Crippen LogP contribution in [0, 0.1) is 5.92 Å². The van der Waals surface area contributed by atoms with Gasteiger partial charge >= 0.3 is 0 Å². The Kier molecular flexibility index (Phi) is 6.96. The van der Waals surface area contributed by atoms with E-state index in [0.717, 1.165) is 43.9 Å². The molecule has 8 heteroatoms. The molecule has 2 aliphatic rings. The molecule has 2 aromatic rings. The summed E-state index contributed by atoms with van der Waals surface area (Å²) in [5.41, 5.74) is 0.978. The highest BCUT2D eigenvalue weighted by Crippen LogP contribution is 2.25. The molecule has 7 nitrogen and oxygen atoms in total. The van der Waals surface area contributed by atoms with Gasteiger partial charge in [-0.05, 0) is 43.7 Å². The average molecular weight is 441 g/mol. The lowest BCUT2D eigenvalue weighted by atomic mass is 9.98. The van der Waals surface area contributed by atoms with Crippen molar-refractivity contribution in [1.29, 1.82) is 0 Å². The molecule has 1 N–H and O–H groups in total. The summed E-state index contributed by atoms with van der Waals surface area (Å²) in [7, 11) is 0. The third-order valence-corrected chi connectivity index (χ3v) is 6.79. The van der Waals surface area contributed by atoms with Crippen LogP contribution in [0.2, 0.25) is 0 Å². The van der Waals surface area contributed by atoms with Gasteiger partial charge in [0.25, 0.3) is 11.8 Å². The van der Waals surface area contributed by atoms with Crippen LogP contribution in [0.1, 0.15) is 59.2 Å². The lowest BCUT2D eigenvalue weighted by Gasteiger charge is -2.32. The number of aromatic nitrogens is 1. The predicted molar refractivity (Wildman–Crippen MR) is 120 cm³/mol. The zero-order chi connectivity index (χ0) is 21.6. The second-order valence-electron chi connectivity index (χ2n) is 8.19. The standard InChI is InChI=1S/C23H28N4O3S/c28-20(25-15-17-7-6-12-26(16-17)23-24-11-14-31-23)10-2-1-5-13-27-21(29)18-8-3-4-9-19(18)22(27)30/h3-4,8-9,11,14,17H,1-2,5-7,10,12-13,15-16H2,(H,25,28). The molecule has 3 heterocycles. The SMILES string of the molecule is O=C(CCCCCN1C(=O)c2ccccc2C1=O)NCC1CCCN(c2nccs2)C1. The molecule has 2 aliphatic heterocycles. The number of piperidine rings is 1. The molecule has 4 rings (SSSR count). The highest BCUT2D eigenvalue weighted by molar-refractivity contribution is 7.13. The first-order valence-corrected chi connectivity index (χ1v) is 11.9. The van der Waals surface area contributed by atoms with E-state index in [-0.39, 0.29) is 17.7 Å². The third kappa shape index (κ3) is 5.12. The van der Waals surface area contributed by atoms with Crippen molar-refractivity contribution >= 4 is 34.2 Å². The summed E-state index contributed by atoms with van der Waals surface area (Å²) >= 11 is 1.66. The van der Waals surface area contributed by atoms with Gasteiger partial charge in [0.15, 0.2) is 5.13 Å². The summed E-state index contributed by atoms with van der Waals surface area (Å²) in [6.45, 7) is 3.08. The molecule has 1 fully saturated rings. The lowest BCUT2D eigenvalue weighted by Crippen LogP contribution is -2.41. The fraction of sp³-hybridized carbons (Fsp3) is 0.478. The number of hydrogen-bond donors (Lipinski definition) is 1. The van der Waals surface area contributed by atoms with E-state index in [1.807, 2.05) is 11.6 Å². The number of unbranched alkanes of at least 4 members (excludes halogenated alkanes) is 2. The maximum atomic E-state index is 12.3. The summed E-state index contributed by atoms with van der Waals surface area (Å²) < 4.78 is 0. The van der Waals surface area contributed by atoms with E-state index in [2.05, 4.69) is 15.2 Å². The molecule has 0 aliphatic carbocycles. The second kappa shape index (κ2) is 10.0. The Morgan fingerprint density at radius 2 is 1.90 bits per heavy atom. The molecule has 1 saturated heterocycles. The van der Waals surface area contributed by atoms with E-state index in [4.69, 9.17) is 0 Å². The van der Waals surface area contributed by atoms with Crippen LogP contribution < -0.4 is 10.2 Å². The van der Waals surface area contributed by atoms with Gasteiger partial charge in [0.1, 0.15) is 0 Å². The smallest absolute Gasteiger partial charge is 0.261 e. The van der Waals surface area contributed by atoms with Gasteiger partial charge in [0, 0.05) is 44.2 Å². The van der Waals surface area contributed by atoms with Crippen molar-refractivity contribution in [2.75, 3.05) is 31.1 Å². The minimum Gasteiger partial charge on any atom is -0.356 e. The topological polar surface area (TPSA) is 82.6 Å². The fourth-order valence-corrected chi connectivity index (χ4v) is 4.98. The van der Waals surface area contributed by atoms with Gasteiger partial charge in [-0.15, -0.1) is 11.3 Å². The molecule has 1 aromatic heterocycles. The fourth-order valence-electron chi connectivity index (χ4n) is 4.30. The summed E-state index contributed by atoms with van der Waals surface area (Å²) in [5, 5.41) is 6.13. The maximum absolute atomic E-state index is 12.3. The highest BCUT2D eigenvalue weighted by Gasteiger charge is 2.34. The molecule has 0 saturated carbocycles. The van der Waals surface area contributed by atoms with Crippen LogP contribution in [-0.2, 0) is 4.79 Å². The number of thiazole rings is 1. The monoisotopic (exact) mass is 440 g/mol. The molecular formula is C23H28N4O3S. The molecule has 31 heavy (non-hydrogen) atoms. The summed E-state index contributed by atoms with van der Waals surface area (Å²) in [5.74, 6) is 0.109. The lowest BCUT2D eigenvalue weighted by molar-refractivity contribution is -0.121. The summed E-state index contributed by atoms with van der Waals surface area (Å²) in [6.07, 6.45) is 6.84. The minimum atomic E-state index is -0.211. The first-order valence-electron chi connectivity index (χ1n) is 11.0. The summed E-state index contributed by atoms with van der Waals surface area (Å²) in [4.78, 5) is 44.9. The van der Waals surface area contributed by atoms with Crippen molar-refractivity contribution in [3.8, 4) is 0 Å². The first-order chi connectivity index (χ1) is 15.1. The molecule has 3 amide bonds. The zero-order valence-electron chi connectivity index (χ0n) is 17.6. The number of benzene rings is 1. The normalized spacial score (nSPS) is 18.4. The van der Waals surface area contributed by atoms with Crippen molar-refractivity contribution in [3.05, 3.63) is 47.0 Å². The van der Waals surface area contributed by atoms with Crippen LogP contribution in [0.3, 0.4) is 0 Å². The van der Waals surface area contributed by atoms with Crippen molar-refractivity contribution in [2.24, 2.45) is 5.92 Å². The quantitative estimate of drug-likeness (QED) is 0.478. The van der Waals surface area contributed by atoms with Gasteiger partial charge in [0.2, 0.25) is 5.91 Å². The Balaban J connectivity index is 1.11. The van der Waals surface area contributed by atoms with Gasteiger partial charge in [0.05, 0.1) is 11.1 Å². The first kappa shape index (κ1) is 21.5. The maximum Gasteiger partial charge on any atom is 0.261 e. The van der Waals surface area contributed by atoms with Gasteiger partial charge in [-0.3, -0.25) is 19.3 Å².